The Morgan fingerprint density at radius 3 is 1.73 bits per heavy atom. The van der Waals surface area contributed by atoms with Gasteiger partial charge in [0, 0.05) is 37.9 Å². The number of benzene rings is 2. The summed E-state index contributed by atoms with van der Waals surface area (Å²) in [5, 5.41) is 5.58. The summed E-state index contributed by atoms with van der Waals surface area (Å²) in [6, 6.07) is 18.1. The number of hydrogen-bond acceptors (Lipinski definition) is 8. The molecule has 2 atom stereocenters. The molecule has 2 aliphatic rings. The van der Waals surface area contributed by atoms with Crippen molar-refractivity contribution in [3.63, 3.8) is 0 Å². The number of nitrogens with two attached hydrogens (primary N) is 1. The average Bonchev–Trinajstić information content (AvgIpc) is 3.71. The van der Waals surface area contributed by atoms with Crippen LogP contribution < -0.4 is 16.4 Å². The molecular weight excluding hydrogens is 612 g/mol. The van der Waals surface area contributed by atoms with Crippen molar-refractivity contribution in [2.75, 3.05) is 31.5 Å². The maximum Gasteiger partial charge on any atom is 0.410 e. The van der Waals surface area contributed by atoms with Crippen LogP contribution >= 0.6 is 0 Å². The fraction of sp³-hybridized carbons (Fsp3) is 0.556. The van der Waals surface area contributed by atoms with E-state index in [1.807, 2.05) is 104 Å². The number of carbonyl (C=O) groups is 3. The quantitative estimate of drug-likeness (QED) is 0.224. The van der Waals surface area contributed by atoms with Crippen molar-refractivity contribution in [2.45, 2.75) is 104 Å². The van der Waals surface area contributed by atoms with Crippen molar-refractivity contribution in [1.29, 1.82) is 0 Å². The standard InChI is InChI=1S/C17H25N3O3.C10H20N2O2.C7H5NO.C2H6/c1-17(2,3)23-16(22)20-11-7-10-14(20)12-18-15(21)19-13-8-5-4-6-9-13;1-10(2,3)14-9(13)12-6-4-5-8(12)7-11;9-6-8-7-4-2-1-3-5-7;1-2/h4-6,8-9,14H,7,10-12H2,1-3H3,(H2,18,19,21);8H,4-7,11H2,1-3H3;1-5H;1-2H3/t14-;8-;;/m00../s1. The number of rotatable bonds is 5. The van der Waals surface area contributed by atoms with Crippen LogP contribution in [0.2, 0.25) is 0 Å². The molecule has 2 fully saturated rings. The molecular formula is C36H56N6O6. The molecule has 4 rings (SSSR count). The predicted molar refractivity (Wildman–Crippen MR) is 190 cm³/mol. The fourth-order valence-corrected chi connectivity index (χ4v) is 4.71. The van der Waals surface area contributed by atoms with Crippen LogP contribution in [0.15, 0.2) is 65.7 Å². The molecule has 0 radical (unpaired) electrons. The zero-order valence-corrected chi connectivity index (χ0v) is 30.0. The maximum atomic E-state index is 12.2. The third-order valence-electron chi connectivity index (χ3n) is 6.74. The lowest BCUT2D eigenvalue weighted by atomic mass is 10.2. The summed E-state index contributed by atoms with van der Waals surface area (Å²) in [5.74, 6) is 0. The first-order valence-corrected chi connectivity index (χ1v) is 16.6. The number of nitrogens with one attached hydrogen (secondary N) is 2. The molecule has 0 saturated carbocycles. The van der Waals surface area contributed by atoms with Gasteiger partial charge in [-0.2, -0.15) is 4.99 Å². The molecule has 48 heavy (non-hydrogen) atoms. The Bertz CT molecular complexity index is 1270. The van der Waals surface area contributed by atoms with Crippen LogP contribution in [0.4, 0.5) is 25.8 Å². The first kappa shape index (κ1) is 41.6. The van der Waals surface area contributed by atoms with Gasteiger partial charge in [-0.15, -0.1) is 0 Å². The first-order chi connectivity index (χ1) is 22.7. The summed E-state index contributed by atoms with van der Waals surface area (Å²) in [5.41, 5.74) is 6.03. The van der Waals surface area contributed by atoms with E-state index in [0.29, 0.717) is 25.3 Å². The van der Waals surface area contributed by atoms with Crippen molar-refractivity contribution >= 4 is 35.7 Å². The third kappa shape index (κ3) is 16.9. The summed E-state index contributed by atoms with van der Waals surface area (Å²) in [7, 11) is 0. The molecule has 0 unspecified atom stereocenters. The Kier molecular flexibility index (Phi) is 18.6. The van der Waals surface area contributed by atoms with Gasteiger partial charge in [-0.25, -0.2) is 19.2 Å². The van der Waals surface area contributed by atoms with Gasteiger partial charge in [-0.05, 0) is 91.5 Å². The number of amides is 4. The van der Waals surface area contributed by atoms with Gasteiger partial charge in [0.05, 0.1) is 11.7 Å². The van der Waals surface area contributed by atoms with Crippen LogP contribution in [0, 0.1) is 0 Å². The van der Waals surface area contributed by atoms with Gasteiger partial charge in [0.15, 0.2) is 0 Å². The van der Waals surface area contributed by atoms with Crippen LogP contribution in [0.5, 0.6) is 0 Å². The predicted octanol–water partition coefficient (Wildman–Crippen LogP) is 7.23. The minimum absolute atomic E-state index is 0.0219. The fourth-order valence-electron chi connectivity index (χ4n) is 4.71. The van der Waals surface area contributed by atoms with Crippen molar-refractivity contribution in [3.05, 3.63) is 60.7 Å². The highest BCUT2D eigenvalue weighted by Gasteiger charge is 2.33. The average molecular weight is 669 g/mol. The van der Waals surface area contributed by atoms with E-state index in [4.69, 9.17) is 15.2 Å². The van der Waals surface area contributed by atoms with E-state index in [-0.39, 0.29) is 30.3 Å². The van der Waals surface area contributed by atoms with Gasteiger partial charge in [0.25, 0.3) is 0 Å². The Hall–Kier alpha value is -4.41. The molecule has 0 bridgehead atoms. The summed E-state index contributed by atoms with van der Waals surface area (Å²) >= 11 is 0. The highest BCUT2D eigenvalue weighted by atomic mass is 16.6. The highest BCUT2D eigenvalue weighted by Crippen LogP contribution is 2.21. The van der Waals surface area contributed by atoms with E-state index in [9.17, 15) is 19.2 Å². The van der Waals surface area contributed by atoms with Gasteiger partial charge in [0.1, 0.15) is 11.2 Å². The molecule has 266 valence electrons. The molecule has 2 heterocycles. The molecule has 12 heteroatoms. The first-order valence-electron chi connectivity index (χ1n) is 16.6. The van der Waals surface area contributed by atoms with E-state index >= 15 is 0 Å². The molecule has 0 aliphatic carbocycles. The SMILES string of the molecule is CC.CC(C)(C)OC(=O)N1CCC[C@H]1CN.CC(C)(C)OC(=O)N1CCC[C@H]1CNC(=O)Nc1ccccc1.O=C=Nc1ccccc1. The van der Waals surface area contributed by atoms with Gasteiger partial charge >= 0.3 is 18.2 Å². The second kappa shape index (κ2) is 21.5. The molecule has 12 nitrogen and oxygen atoms in total. The molecule has 0 aromatic heterocycles. The minimum atomic E-state index is -0.512. The van der Waals surface area contributed by atoms with E-state index in [1.54, 1.807) is 21.9 Å². The van der Waals surface area contributed by atoms with E-state index in [2.05, 4.69) is 15.6 Å². The Morgan fingerprint density at radius 2 is 1.27 bits per heavy atom. The number of ether oxygens (including phenoxy) is 2. The van der Waals surface area contributed by atoms with Gasteiger partial charge in [-0.1, -0.05) is 50.2 Å². The smallest absolute Gasteiger partial charge is 0.410 e. The van der Waals surface area contributed by atoms with E-state index in [1.165, 1.54) is 6.08 Å². The lowest BCUT2D eigenvalue weighted by Gasteiger charge is -2.28. The summed E-state index contributed by atoms with van der Waals surface area (Å²) in [6.07, 6.45) is 4.73. The number of urea groups is 1. The largest absolute Gasteiger partial charge is 0.444 e. The van der Waals surface area contributed by atoms with Gasteiger partial charge < -0.3 is 35.6 Å². The Labute approximate surface area is 286 Å². The third-order valence-corrected chi connectivity index (χ3v) is 6.74. The number of isocyanates is 1. The molecule has 4 amide bonds. The number of likely N-dealkylation sites (tertiary alicyclic amines) is 2. The lowest BCUT2D eigenvalue weighted by Crippen LogP contribution is -2.45. The van der Waals surface area contributed by atoms with Crippen LogP contribution in [0.3, 0.4) is 0 Å². The Morgan fingerprint density at radius 1 is 0.812 bits per heavy atom. The number of hydrogen-bond donors (Lipinski definition) is 3. The summed E-state index contributed by atoms with van der Waals surface area (Å²) < 4.78 is 10.7. The monoisotopic (exact) mass is 668 g/mol. The van der Waals surface area contributed by atoms with Crippen molar-refractivity contribution < 1.29 is 28.7 Å². The zero-order chi connectivity index (χ0) is 36.2. The van der Waals surface area contributed by atoms with Crippen molar-refractivity contribution in [2.24, 2.45) is 10.7 Å². The van der Waals surface area contributed by atoms with Crippen LogP contribution in [0.25, 0.3) is 0 Å². The molecule has 2 aromatic rings. The minimum Gasteiger partial charge on any atom is -0.444 e. The van der Waals surface area contributed by atoms with E-state index < -0.39 is 11.2 Å². The second-order valence-corrected chi connectivity index (χ2v) is 12.9. The lowest BCUT2D eigenvalue weighted by molar-refractivity contribution is 0.0219. The highest BCUT2D eigenvalue weighted by molar-refractivity contribution is 5.89. The topological polar surface area (TPSA) is 156 Å². The molecule has 0 spiro atoms. The number of aliphatic imine (C=N–C) groups is 1. The summed E-state index contributed by atoms with van der Waals surface area (Å²) in [6.45, 7) is 17.6. The van der Waals surface area contributed by atoms with Crippen LogP contribution in [0.1, 0.15) is 81.1 Å². The second-order valence-electron chi connectivity index (χ2n) is 12.9. The molecule has 2 aliphatic heterocycles. The molecule has 2 aromatic carbocycles. The van der Waals surface area contributed by atoms with Crippen molar-refractivity contribution in [3.8, 4) is 0 Å². The molecule has 2 saturated heterocycles. The Balaban J connectivity index is 0.000000390. The van der Waals surface area contributed by atoms with Crippen LogP contribution in [-0.2, 0) is 14.3 Å². The number of carbonyl (C=O) groups excluding carboxylic acids is 4. The maximum absolute atomic E-state index is 12.2. The number of anilines is 1. The van der Waals surface area contributed by atoms with E-state index in [0.717, 1.165) is 37.9 Å². The van der Waals surface area contributed by atoms with Gasteiger partial charge in [0.2, 0.25) is 6.08 Å². The summed E-state index contributed by atoms with van der Waals surface area (Å²) in [4.78, 5) is 52.3. The van der Waals surface area contributed by atoms with Gasteiger partial charge in [-0.3, -0.25) is 0 Å². The van der Waals surface area contributed by atoms with Crippen molar-refractivity contribution in [1.82, 2.24) is 15.1 Å². The van der Waals surface area contributed by atoms with Crippen LogP contribution in [-0.4, -0.2) is 83.6 Å². The number of para-hydroxylation sites is 2. The molecule has 4 N–H and O–H groups in total. The zero-order valence-electron chi connectivity index (χ0n) is 30.0. The normalized spacial score (nSPS) is 16.7. The number of nitrogens with zero attached hydrogens (tertiary/aromatic N) is 3.